The number of rotatable bonds is 6. The summed E-state index contributed by atoms with van der Waals surface area (Å²) in [6, 6.07) is 4.28. The summed E-state index contributed by atoms with van der Waals surface area (Å²) in [6.07, 6.45) is 3.89. The molecule has 1 aromatic carbocycles. The summed E-state index contributed by atoms with van der Waals surface area (Å²) in [5.41, 5.74) is 0.832. The van der Waals surface area contributed by atoms with E-state index in [0.29, 0.717) is 12.5 Å². The van der Waals surface area contributed by atoms with Crippen LogP contribution in [0, 0.1) is 17.6 Å². The minimum atomic E-state index is -0.797. The number of hydrogen-bond acceptors (Lipinski definition) is 2. The molecule has 3 nitrogen and oxygen atoms in total. The lowest BCUT2D eigenvalue weighted by molar-refractivity contribution is -0.123. The molecular weight excluding hydrogens is 298 g/mol. The largest absolute Gasteiger partial charge is 0.353 e. The van der Waals surface area contributed by atoms with E-state index in [2.05, 4.69) is 10.2 Å². The Morgan fingerprint density at radius 3 is 2.83 bits per heavy atom. The maximum atomic E-state index is 13.2. The second kappa shape index (κ2) is 8.39. The molecule has 0 spiro atoms. The normalized spacial score (nSPS) is 19.1. The standard InChI is InChI=1S/C18H26F2N2O/c1-13(2)21-18(23)12-22-9-3-4-15(11-22)6-5-14-7-8-16(19)17(20)10-14/h7-8,10,13,15H,3-6,9,11-12H2,1-2H3,(H,21,23). The van der Waals surface area contributed by atoms with Gasteiger partial charge in [-0.1, -0.05) is 6.07 Å². The van der Waals surface area contributed by atoms with E-state index in [1.54, 1.807) is 6.07 Å². The maximum absolute atomic E-state index is 13.2. The van der Waals surface area contributed by atoms with Crippen LogP contribution in [0.2, 0.25) is 0 Å². The molecule has 1 fully saturated rings. The molecular formula is C18H26F2N2O. The molecule has 0 radical (unpaired) electrons. The highest BCUT2D eigenvalue weighted by molar-refractivity contribution is 5.78. The van der Waals surface area contributed by atoms with Crippen LogP contribution in [0.4, 0.5) is 8.78 Å². The summed E-state index contributed by atoms with van der Waals surface area (Å²) < 4.78 is 26.2. The number of carbonyl (C=O) groups is 1. The van der Waals surface area contributed by atoms with E-state index < -0.39 is 11.6 Å². The van der Waals surface area contributed by atoms with Crippen molar-refractivity contribution in [1.29, 1.82) is 0 Å². The van der Waals surface area contributed by atoms with Crippen LogP contribution in [0.3, 0.4) is 0 Å². The number of benzene rings is 1. The molecule has 5 heteroatoms. The average molecular weight is 324 g/mol. The fourth-order valence-electron chi connectivity index (χ4n) is 3.17. The number of carbonyl (C=O) groups excluding carboxylic acids is 1. The predicted molar refractivity (Wildman–Crippen MR) is 87.1 cm³/mol. The Kier molecular flexibility index (Phi) is 6.51. The molecule has 128 valence electrons. The van der Waals surface area contributed by atoms with Crippen LogP contribution >= 0.6 is 0 Å². The van der Waals surface area contributed by atoms with Crippen LogP contribution in [0.15, 0.2) is 18.2 Å². The molecule has 0 saturated carbocycles. The third kappa shape index (κ3) is 5.90. The van der Waals surface area contributed by atoms with Crippen molar-refractivity contribution in [3.8, 4) is 0 Å². The quantitative estimate of drug-likeness (QED) is 0.872. The van der Waals surface area contributed by atoms with Crippen molar-refractivity contribution in [2.24, 2.45) is 5.92 Å². The second-order valence-electron chi connectivity index (χ2n) is 6.75. The van der Waals surface area contributed by atoms with Gasteiger partial charge >= 0.3 is 0 Å². The number of piperidine rings is 1. The Labute approximate surface area is 137 Å². The molecule has 1 atom stereocenters. The van der Waals surface area contributed by atoms with E-state index in [0.717, 1.165) is 44.3 Å². The van der Waals surface area contributed by atoms with Crippen molar-refractivity contribution in [2.45, 2.75) is 45.6 Å². The first-order valence-corrected chi connectivity index (χ1v) is 8.39. The number of aryl methyl sites for hydroxylation is 1. The highest BCUT2D eigenvalue weighted by atomic mass is 19.2. The van der Waals surface area contributed by atoms with E-state index in [1.165, 1.54) is 12.1 Å². The second-order valence-corrected chi connectivity index (χ2v) is 6.75. The number of amides is 1. The lowest BCUT2D eigenvalue weighted by Crippen LogP contribution is -2.44. The average Bonchev–Trinajstić information content (AvgIpc) is 2.48. The molecule has 1 heterocycles. The zero-order chi connectivity index (χ0) is 16.8. The van der Waals surface area contributed by atoms with Gasteiger partial charge in [0.15, 0.2) is 11.6 Å². The van der Waals surface area contributed by atoms with Gasteiger partial charge < -0.3 is 5.32 Å². The molecule has 1 N–H and O–H groups in total. The third-order valence-corrected chi connectivity index (χ3v) is 4.25. The summed E-state index contributed by atoms with van der Waals surface area (Å²) >= 11 is 0. The van der Waals surface area contributed by atoms with E-state index in [4.69, 9.17) is 0 Å². The van der Waals surface area contributed by atoms with Crippen LogP contribution in [0.5, 0.6) is 0 Å². The fraction of sp³-hybridized carbons (Fsp3) is 0.611. The van der Waals surface area contributed by atoms with Crippen molar-refractivity contribution < 1.29 is 13.6 Å². The van der Waals surface area contributed by atoms with Gasteiger partial charge in [0.2, 0.25) is 5.91 Å². The Balaban J connectivity index is 1.79. The first-order chi connectivity index (χ1) is 10.9. The van der Waals surface area contributed by atoms with Crippen LogP contribution in [-0.2, 0) is 11.2 Å². The van der Waals surface area contributed by atoms with Crippen molar-refractivity contribution in [3.63, 3.8) is 0 Å². The molecule has 2 rings (SSSR count). The SMILES string of the molecule is CC(C)NC(=O)CN1CCCC(CCc2ccc(F)c(F)c2)C1. The molecule has 0 aromatic heterocycles. The molecule has 1 saturated heterocycles. The molecule has 1 unspecified atom stereocenters. The zero-order valence-electron chi connectivity index (χ0n) is 13.9. The smallest absolute Gasteiger partial charge is 0.234 e. The van der Waals surface area contributed by atoms with E-state index in [9.17, 15) is 13.6 Å². The first kappa shape index (κ1) is 17.9. The number of halogens is 2. The van der Waals surface area contributed by atoms with Crippen LogP contribution < -0.4 is 5.32 Å². The van der Waals surface area contributed by atoms with E-state index in [-0.39, 0.29) is 11.9 Å². The predicted octanol–water partition coefficient (Wildman–Crippen LogP) is 3.13. The lowest BCUT2D eigenvalue weighted by atomic mass is 9.91. The first-order valence-electron chi connectivity index (χ1n) is 8.39. The van der Waals surface area contributed by atoms with Gasteiger partial charge in [-0.05, 0) is 69.7 Å². The molecule has 1 amide bonds. The lowest BCUT2D eigenvalue weighted by Gasteiger charge is -2.32. The molecule has 23 heavy (non-hydrogen) atoms. The van der Waals surface area contributed by atoms with Gasteiger partial charge in [-0.3, -0.25) is 9.69 Å². The summed E-state index contributed by atoms with van der Waals surface area (Å²) in [7, 11) is 0. The monoisotopic (exact) mass is 324 g/mol. The maximum Gasteiger partial charge on any atom is 0.234 e. The minimum Gasteiger partial charge on any atom is -0.353 e. The highest BCUT2D eigenvalue weighted by Gasteiger charge is 2.21. The molecule has 1 aliphatic rings. The van der Waals surface area contributed by atoms with Crippen LogP contribution in [-0.4, -0.2) is 36.5 Å². The van der Waals surface area contributed by atoms with Gasteiger partial charge in [0.25, 0.3) is 0 Å². The van der Waals surface area contributed by atoms with Crippen molar-refractivity contribution >= 4 is 5.91 Å². The summed E-state index contributed by atoms with van der Waals surface area (Å²) in [5.74, 6) is -1.00. The summed E-state index contributed by atoms with van der Waals surface area (Å²) in [5, 5.41) is 2.92. The number of nitrogens with zero attached hydrogens (tertiary/aromatic N) is 1. The van der Waals surface area contributed by atoms with Gasteiger partial charge in [-0.15, -0.1) is 0 Å². The Morgan fingerprint density at radius 2 is 2.13 bits per heavy atom. The van der Waals surface area contributed by atoms with Crippen molar-refractivity contribution in [3.05, 3.63) is 35.4 Å². The molecule has 0 aliphatic carbocycles. The Hall–Kier alpha value is -1.49. The van der Waals surface area contributed by atoms with Gasteiger partial charge in [-0.2, -0.15) is 0 Å². The molecule has 1 aliphatic heterocycles. The minimum absolute atomic E-state index is 0.0706. The van der Waals surface area contributed by atoms with Gasteiger partial charge in [-0.25, -0.2) is 8.78 Å². The summed E-state index contributed by atoms with van der Waals surface area (Å²) in [4.78, 5) is 14.0. The Morgan fingerprint density at radius 1 is 1.35 bits per heavy atom. The van der Waals surface area contributed by atoms with Crippen molar-refractivity contribution in [2.75, 3.05) is 19.6 Å². The molecule has 1 aromatic rings. The van der Waals surface area contributed by atoms with E-state index >= 15 is 0 Å². The number of nitrogens with one attached hydrogen (secondary N) is 1. The van der Waals surface area contributed by atoms with E-state index in [1.807, 2.05) is 13.8 Å². The number of hydrogen-bond donors (Lipinski definition) is 1. The van der Waals surface area contributed by atoms with Crippen LogP contribution in [0.25, 0.3) is 0 Å². The zero-order valence-corrected chi connectivity index (χ0v) is 13.9. The number of likely N-dealkylation sites (tertiary alicyclic amines) is 1. The van der Waals surface area contributed by atoms with Gasteiger partial charge in [0.05, 0.1) is 6.54 Å². The van der Waals surface area contributed by atoms with Crippen molar-refractivity contribution in [1.82, 2.24) is 10.2 Å². The Bertz CT molecular complexity index is 534. The van der Waals surface area contributed by atoms with Gasteiger partial charge in [0.1, 0.15) is 0 Å². The topological polar surface area (TPSA) is 32.3 Å². The highest BCUT2D eigenvalue weighted by Crippen LogP contribution is 2.22. The molecule has 0 bridgehead atoms. The third-order valence-electron chi connectivity index (χ3n) is 4.25. The fourth-order valence-corrected chi connectivity index (χ4v) is 3.17. The summed E-state index contributed by atoms with van der Waals surface area (Å²) in [6.45, 7) is 6.21. The van der Waals surface area contributed by atoms with Crippen LogP contribution in [0.1, 0.15) is 38.7 Å². The van der Waals surface area contributed by atoms with Gasteiger partial charge in [0, 0.05) is 12.6 Å².